The summed E-state index contributed by atoms with van der Waals surface area (Å²) in [6.45, 7) is 7.47. The molecule has 17 nitrogen and oxygen atoms in total. The van der Waals surface area contributed by atoms with Gasteiger partial charge in [0, 0.05) is 65.7 Å². The van der Waals surface area contributed by atoms with Gasteiger partial charge in [-0.1, -0.05) is 0 Å². The van der Waals surface area contributed by atoms with Crippen molar-refractivity contribution in [3.05, 3.63) is 52.2 Å². The van der Waals surface area contributed by atoms with Crippen molar-refractivity contribution in [1.82, 2.24) is 0 Å². The van der Waals surface area contributed by atoms with E-state index in [9.17, 15) is 38.4 Å². The number of hydrogen-bond donors (Lipinski definition) is 0. The molecule has 1 fully saturated rings. The molecular formula is C36H36O17. The van der Waals surface area contributed by atoms with Gasteiger partial charge in [-0.2, -0.15) is 0 Å². The van der Waals surface area contributed by atoms with Gasteiger partial charge in [0.2, 0.25) is 12.4 Å². The highest BCUT2D eigenvalue weighted by Crippen LogP contribution is 2.37. The van der Waals surface area contributed by atoms with Crippen molar-refractivity contribution >= 4 is 52.6 Å². The fourth-order valence-electron chi connectivity index (χ4n) is 5.53. The van der Waals surface area contributed by atoms with E-state index in [1.807, 2.05) is 0 Å². The summed E-state index contributed by atoms with van der Waals surface area (Å²) in [5.74, 6) is -5.14. The smallest absolute Gasteiger partial charge is 0.308 e. The second-order valence-corrected chi connectivity index (χ2v) is 11.8. The number of ether oxygens (including phenoxy) is 8. The molecular weight excluding hydrogens is 704 g/mol. The molecule has 2 heterocycles. The Hall–Kier alpha value is -6.10. The van der Waals surface area contributed by atoms with E-state index in [1.54, 1.807) is 0 Å². The number of hydrogen-bond acceptors (Lipinski definition) is 17. The summed E-state index contributed by atoms with van der Waals surface area (Å²) in [5.41, 5.74) is -0.191. The first-order valence-electron chi connectivity index (χ1n) is 16.0. The standard InChI is InChI=1S/C36H36O17/c1-16(37)10-24-11-25(13-30-32(24)26(44)14-28(52-30)23-8-9-27(46-18(3)39)29(12-23)47-19(4)40)51-36-35(50-22(7)43)34(49-21(6)42)33(53-36)31(48-20(5)41)15-45-17(2)38/h8-9,11-14,31,33-36H,10,15H2,1-7H3/t31-,33-,34+,35-,36-/m0/s1. The molecule has 3 aromatic rings. The maximum Gasteiger partial charge on any atom is 0.308 e. The fourth-order valence-corrected chi connectivity index (χ4v) is 5.53. The zero-order chi connectivity index (χ0) is 39.1. The summed E-state index contributed by atoms with van der Waals surface area (Å²) < 4.78 is 49.9. The van der Waals surface area contributed by atoms with Crippen molar-refractivity contribution < 1.29 is 75.9 Å². The number of carbonyl (C=O) groups excluding carboxylic acids is 7. The minimum Gasteiger partial charge on any atom is -0.462 e. The van der Waals surface area contributed by atoms with Crippen LogP contribution in [0, 0.1) is 0 Å². The lowest BCUT2D eigenvalue weighted by Gasteiger charge is -2.27. The maximum absolute atomic E-state index is 13.6. The van der Waals surface area contributed by atoms with Crippen molar-refractivity contribution in [2.24, 2.45) is 0 Å². The Morgan fingerprint density at radius 1 is 0.717 bits per heavy atom. The molecule has 0 bridgehead atoms. The van der Waals surface area contributed by atoms with Crippen LogP contribution in [-0.2, 0) is 63.7 Å². The van der Waals surface area contributed by atoms with Gasteiger partial charge in [0.1, 0.15) is 35.6 Å². The summed E-state index contributed by atoms with van der Waals surface area (Å²) in [6, 6.07) is 7.95. The third kappa shape index (κ3) is 10.5. The van der Waals surface area contributed by atoms with Crippen LogP contribution in [0.3, 0.4) is 0 Å². The number of rotatable bonds is 13. The average molecular weight is 741 g/mol. The summed E-state index contributed by atoms with van der Waals surface area (Å²) in [4.78, 5) is 97.3. The minimum absolute atomic E-state index is 0.0178. The summed E-state index contributed by atoms with van der Waals surface area (Å²) >= 11 is 0. The molecule has 1 saturated heterocycles. The first-order valence-corrected chi connectivity index (χ1v) is 16.0. The van der Waals surface area contributed by atoms with Gasteiger partial charge < -0.3 is 42.3 Å². The van der Waals surface area contributed by atoms with E-state index in [0.717, 1.165) is 47.6 Å². The van der Waals surface area contributed by atoms with Crippen LogP contribution in [0.4, 0.5) is 0 Å². The minimum atomic E-state index is -1.57. The van der Waals surface area contributed by atoms with Gasteiger partial charge in [0.25, 0.3) is 0 Å². The molecule has 0 spiro atoms. The first kappa shape index (κ1) is 39.7. The molecule has 17 heteroatoms. The third-order valence-electron chi connectivity index (χ3n) is 7.26. The van der Waals surface area contributed by atoms with Crippen LogP contribution in [0.1, 0.15) is 54.0 Å². The van der Waals surface area contributed by atoms with E-state index in [0.29, 0.717) is 0 Å². The number of ketones is 1. The molecule has 0 amide bonds. The molecule has 53 heavy (non-hydrogen) atoms. The van der Waals surface area contributed by atoms with Crippen LogP contribution in [0.2, 0.25) is 0 Å². The number of Topliss-reactive ketones (excluding diaryl/α,β-unsaturated/α-hetero) is 1. The Kier molecular flexibility index (Phi) is 12.7. The molecule has 2 aromatic carbocycles. The van der Waals surface area contributed by atoms with Crippen molar-refractivity contribution in [1.29, 1.82) is 0 Å². The first-order chi connectivity index (χ1) is 24.9. The Labute approximate surface area is 301 Å². The normalized spacial score (nSPS) is 18.3. The van der Waals surface area contributed by atoms with Gasteiger partial charge in [-0.05, 0) is 36.8 Å². The van der Waals surface area contributed by atoms with Crippen LogP contribution < -0.4 is 19.6 Å². The Bertz CT molecular complexity index is 2010. The van der Waals surface area contributed by atoms with Crippen LogP contribution in [0.15, 0.2) is 45.6 Å². The molecule has 1 aliphatic rings. The second-order valence-electron chi connectivity index (χ2n) is 11.8. The lowest BCUT2D eigenvalue weighted by Crippen LogP contribution is -2.47. The van der Waals surface area contributed by atoms with Crippen LogP contribution >= 0.6 is 0 Å². The highest BCUT2D eigenvalue weighted by molar-refractivity contribution is 5.89. The molecule has 0 radical (unpaired) electrons. The van der Waals surface area contributed by atoms with Crippen LogP contribution in [0.5, 0.6) is 17.2 Å². The maximum atomic E-state index is 13.6. The Morgan fingerprint density at radius 2 is 1.36 bits per heavy atom. The lowest BCUT2D eigenvalue weighted by atomic mass is 10.0. The summed E-state index contributed by atoms with van der Waals surface area (Å²) in [6.07, 6.45) is -7.47. The SMILES string of the molecule is CC(=O)Cc1cc(O[C@H]2O[C@@H]([C@H](COC(C)=O)OC(C)=O)[C@@H](OC(C)=O)[C@@H]2OC(C)=O)cc2oc(-c3ccc(OC(C)=O)c(OC(C)=O)c3)cc(=O)c12. The lowest BCUT2D eigenvalue weighted by molar-refractivity contribution is -0.180. The molecule has 0 N–H and O–H groups in total. The summed E-state index contributed by atoms with van der Waals surface area (Å²) in [5, 5.41) is 0.0314. The van der Waals surface area contributed by atoms with Crippen LogP contribution in [0.25, 0.3) is 22.3 Å². The predicted molar refractivity (Wildman–Crippen MR) is 178 cm³/mol. The molecule has 0 saturated carbocycles. The fraction of sp³-hybridized carbons (Fsp3) is 0.389. The zero-order valence-electron chi connectivity index (χ0n) is 29.7. The van der Waals surface area contributed by atoms with E-state index in [4.69, 9.17) is 42.3 Å². The van der Waals surface area contributed by atoms with E-state index in [-0.39, 0.29) is 57.3 Å². The number of benzene rings is 2. The molecule has 5 atom stereocenters. The van der Waals surface area contributed by atoms with Gasteiger partial charge in [-0.25, -0.2) is 0 Å². The van der Waals surface area contributed by atoms with Crippen LogP contribution in [-0.4, -0.2) is 78.9 Å². The number of esters is 6. The third-order valence-corrected chi connectivity index (χ3v) is 7.26. The van der Waals surface area contributed by atoms with E-state index >= 15 is 0 Å². The summed E-state index contributed by atoms with van der Waals surface area (Å²) in [7, 11) is 0. The van der Waals surface area contributed by atoms with Crippen molar-refractivity contribution in [2.75, 3.05) is 6.61 Å². The molecule has 0 unspecified atom stereocenters. The van der Waals surface area contributed by atoms with Crippen molar-refractivity contribution in [3.63, 3.8) is 0 Å². The molecule has 0 aliphatic carbocycles. The van der Waals surface area contributed by atoms with Crippen molar-refractivity contribution in [2.45, 2.75) is 85.6 Å². The van der Waals surface area contributed by atoms with Gasteiger partial charge in [-0.15, -0.1) is 0 Å². The second kappa shape index (κ2) is 16.9. The molecule has 1 aromatic heterocycles. The predicted octanol–water partition coefficient (Wildman–Crippen LogP) is 2.90. The van der Waals surface area contributed by atoms with Gasteiger partial charge in [-0.3, -0.25) is 38.4 Å². The molecule has 1 aliphatic heterocycles. The Balaban J connectivity index is 1.83. The quantitative estimate of drug-likeness (QED) is 0.140. The average Bonchev–Trinajstić information content (AvgIpc) is 3.33. The highest BCUT2D eigenvalue weighted by Gasteiger charge is 2.54. The zero-order valence-corrected chi connectivity index (χ0v) is 29.7. The Morgan fingerprint density at radius 3 is 1.94 bits per heavy atom. The van der Waals surface area contributed by atoms with E-state index in [2.05, 4.69) is 0 Å². The monoisotopic (exact) mass is 740 g/mol. The topological polar surface area (TPSA) is 224 Å². The largest absolute Gasteiger partial charge is 0.462 e. The van der Waals surface area contributed by atoms with Gasteiger partial charge >= 0.3 is 35.8 Å². The molecule has 4 rings (SSSR count). The van der Waals surface area contributed by atoms with Gasteiger partial charge in [0.05, 0.1) is 5.39 Å². The van der Waals surface area contributed by atoms with Gasteiger partial charge in [0.15, 0.2) is 29.1 Å². The van der Waals surface area contributed by atoms with Crippen molar-refractivity contribution in [3.8, 4) is 28.6 Å². The number of fused-ring (bicyclic) bond motifs is 1. The van der Waals surface area contributed by atoms with E-state index < -0.39 is 78.6 Å². The van der Waals surface area contributed by atoms with E-state index in [1.165, 1.54) is 37.3 Å². The molecule has 282 valence electrons. The number of carbonyl (C=O) groups is 7. The highest BCUT2D eigenvalue weighted by atomic mass is 16.7.